The molecule has 0 bridgehead atoms. The third-order valence-electron chi connectivity index (χ3n) is 2.94. The lowest BCUT2D eigenvalue weighted by Crippen LogP contribution is -2.07. The van der Waals surface area contributed by atoms with Crippen molar-refractivity contribution in [1.29, 1.82) is 5.26 Å². The van der Waals surface area contributed by atoms with Gasteiger partial charge >= 0.3 is 0 Å². The molecule has 0 spiro atoms. The molecule has 0 aromatic carbocycles. The van der Waals surface area contributed by atoms with Gasteiger partial charge in [-0.2, -0.15) is 5.26 Å². The van der Waals surface area contributed by atoms with E-state index in [0.717, 1.165) is 30.1 Å². The van der Waals surface area contributed by atoms with Crippen molar-refractivity contribution in [2.24, 2.45) is 0 Å². The van der Waals surface area contributed by atoms with Gasteiger partial charge in [0.2, 0.25) is 0 Å². The Balaban J connectivity index is 1.63. The first-order valence-corrected chi connectivity index (χ1v) is 6.25. The fourth-order valence-electron chi connectivity index (χ4n) is 1.94. The van der Waals surface area contributed by atoms with Crippen LogP contribution in [-0.2, 0) is 6.42 Å². The molecule has 0 aliphatic heterocycles. The molecule has 0 aliphatic rings. The van der Waals surface area contributed by atoms with E-state index in [0.29, 0.717) is 5.69 Å². The molecule has 0 fully saturated rings. The lowest BCUT2D eigenvalue weighted by molar-refractivity contribution is 0.870. The van der Waals surface area contributed by atoms with Crippen molar-refractivity contribution in [3.63, 3.8) is 0 Å². The van der Waals surface area contributed by atoms with E-state index in [9.17, 15) is 0 Å². The predicted molar refractivity (Wildman–Crippen MR) is 74.1 cm³/mol. The molecule has 0 unspecified atom stereocenters. The van der Waals surface area contributed by atoms with E-state index in [1.165, 1.54) is 0 Å². The van der Waals surface area contributed by atoms with Crippen LogP contribution in [-0.4, -0.2) is 26.1 Å². The molecule has 6 nitrogen and oxygen atoms in total. The zero-order valence-corrected chi connectivity index (χ0v) is 10.7. The fraction of sp³-hybridized carbons (Fsp3) is 0.143. The van der Waals surface area contributed by atoms with Gasteiger partial charge in [-0.1, -0.05) is 6.07 Å². The molecule has 3 heterocycles. The molecule has 6 heteroatoms. The maximum absolute atomic E-state index is 8.68. The summed E-state index contributed by atoms with van der Waals surface area (Å²) < 4.78 is 1.97. The molecule has 1 N–H and O–H groups in total. The summed E-state index contributed by atoms with van der Waals surface area (Å²) in [7, 11) is 0. The zero-order valence-electron chi connectivity index (χ0n) is 10.7. The van der Waals surface area contributed by atoms with E-state index >= 15 is 0 Å². The minimum absolute atomic E-state index is 0.416. The summed E-state index contributed by atoms with van der Waals surface area (Å²) in [4.78, 5) is 4.01. The maximum atomic E-state index is 8.68. The number of nitrogens with one attached hydrogen (secondary N) is 1. The van der Waals surface area contributed by atoms with E-state index in [1.54, 1.807) is 12.3 Å². The monoisotopic (exact) mass is 264 g/mol. The normalized spacial score (nSPS) is 10.3. The third-order valence-corrected chi connectivity index (χ3v) is 2.94. The number of hydrogen-bond donors (Lipinski definition) is 1. The van der Waals surface area contributed by atoms with Gasteiger partial charge in [0, 0.05) is 19.2 Å². The van der Waals surface area contributed by atoms with E-state index < -0.39 is 0 Å². The summed E-state index contributed by atoms with van der Waals surface area (Å²) in [5.41, 5.74) is 2.15. The van der Waals surface area contributed by atoms with Crippen molar-refractivity contribution in [3.05, 3.63) is 54.2 Å². The van der Waals surface area contributed by atoms with Crippen LogP contribution in [0.2, 0.25) is 0 Å². The predicted octanol–water partition coefficient (Wildman–Crippen LogP) is 1.65. The zero-order chi connectivity index (χ0) is 13.8. The standard InChI is InChI=1S/C14H12N6/c15-9-11-4-5-12(10-17-11)16-7-6-14-19-18-13-3-1-2-8-20(13)14/h1-5,8,10,16H,6-7H2. The lowest BCUT2D eigenvalue weighted by atomic mass is 10.3. The highest BCUT2D eigenvalue weighted by Gasteiger charge is 2.03. The first-order valence-electron chi connectivity index (χ1n) is 6.25. The van der Waals surface area contributed by atoms with Gasteiger partial charge in [-0.15, -0.1) is 10.2 Å². The highest BCUT2D eigenvalue weighted by molar-refractivity contribution is 5.43. The maximum Gasteiger partial charge on any atom is 0.160 e. The molecule has 0 radical (unpaired) electrons. The Hall–Kier alpha value is -2.94. The summed E-state index contributed by atoms with van der Waals surface area (Å²) >= 11 is 0. The van der Waals surface area contributed by atoms with Gasteiger partial charge in [-0.3, -0.25) is 4.40 Å². The number of anilines is 1. The van der Waals surface area contributed by atoms with Crippen LogP contribution in [0.15, 0.2) is 42.7 Å². The molecule has 20 heavy (non-hydrogen) atoms. The summed E-state index contributed by atoms with van der Waals surface area (Å²) in [5, 5.41) is 20.2. The Morgan fingerprint density at radius 3 is 2.95 bits per heavy atom. The molecule has 0 amide bonds. The van der Waals surface area contributed by atoms with Gasteiger partial charge in [-0.05, 0) is 24.3 Å². The first kappa shape index (κ1) is 12.1. The van der Waals surface area contributed by atoms with Crippen molar-refractivity contribution in [2.75, 3.05) is 11.9 Å². The molecule has 0 saturated carbocycles. The SMILES string of the molecule is N#Cc1ccc(NCCc2nnc3ccccn23)cn1. The molecular weight excluding hydrogens is 252 g/mol. The second-order valence-electron chi connectivity index (χ2n) is 4.27. The van der Waals surface area contributed by atoms with Gasteiger partial charge in [0.25, 0.3) is 0 Å². The van der Waals surface area contributed by atoms with Gasteiger partial charge in [0.15, 0.2) is 5.65 Å². The molecule has 3 aromatic rings. The summed E-state index contributed by atoms with van der Waals surface area (Å²) in [6.07, 6.45) is 4.36. The topological polar surface area (TPSA) is 78.9 Å². The fourth-order valence-corrected chi connectivity index (χ4v) is 1.94. The van der Waals surface area contributed by atoms with Crippen LogP contribution in [0.1, 0.15) is 11.5 Å². The second kappa shape index (κ2) is 5.36. The number of aromatic nitrogens is 4. The third kappa shape index (κ3) is 2.42. The van der Waals surface area contributed by atoms with Gasteiger partial charge in [-0.25, -0.2) is 4.98 Å². The van der Waals surface area contributed by atoms with E-state index in [4.69, 9.17) is 5.26 Å². The molecule has 3 rings (SSSR count). The van der Waals surface area contributed by atoms with Crippen molar-refractivity contribution in [2.45, 2.75) is 6.42 Å². The second-order valence-corrected chi connectivity index (χ2v) is 4.27. The van der Waals surface area contributed by atoms with Crippen LogP contribution in [0, 0.1) is 11.3 Å². The van der Waals surface area contributed by atoms with Crippen molar-refractivity contribution in [3.8, 4) is 6.07 Å². The van der Waals surface area contributed by atoms with Crippen LogP contribution >= 0.6 is 0 Å². The molecule has 0 aliphatic carbocycles. The lowest BCUT2D eigenvalue weighted by Gasteiger charge is -2.04. The molecule has 98 valence electrons. The largest absolute Gasteiger partial charge is 0.383 e. The minimum Gasteiger partial charge on any atom is -0.383 e. The highest BCUT2D eigenvalue weighted by atomic mass is 15.2. The van der Waals surface area contributed by atoms with Gasteiger partial charge in [0.1, 0.15) is 17.6 Å². The van der Waals surface area contributed by atoms with Crippen molar-refractivity contribution in [1.82, 2.24) is 19.6 Å². The average molecular weight is 264 g/mol. The van der Waals surface area contributed by atoms with E-state index in [1.807, 2.05) is 40.9 Å². The van der Waals surface area contributed by atoms with Gasteiger partial charge < -0.3 is 5.32 Å². The van der Waals surface area contributed by atoms with Crippen LogP contribution in [0.4, 0.5) is 5.69 Å². The van der Waals surface area contributed by atoms with Crippen LogP contribution in [0.5, 0.6) is 0 Å². The van der Waals surface area contributed by atoms with Crippen LogP contribution < -0.4 is 5.32 Å². The Morgan fingerprint density at radius 1 is 1.20 bits per heavy atom. The number of nitrogens with zero attached hydrogens (tertiary/aromatic N) is 5. The number of nitriles is 1. The Labute approximate surface area is 115 Å². The number of pyridine rings is 2. The quantitative estimate of drug-likeness (QED) is 0.775. The van der Waals surface area contributed by atoms with Crippen molar-refractivity contribution < 1.29 is 0 Å². The van der Waals surface area contributed by atoms with Crippen molar-refractivity contribution >= 4 is 11.3 Å². The first-order chi connectivity index (χ1) is 9.86. The summed E-state index contributed by atoms with van der Waals surface area (Å²) in [6, 6.07) is 11.3. The van der Waals surface area contributed by atoms with Crippen LogP contribution in [0.25, 0.3) is 5.65 Å². The van der Waals surface area contributed by atoms with Gasteiger partial charge in [0.05, 0.1) is 11.9 Å². The molecule has 0 saturated heterocycles. The highest BCUT2D eigenvalue weighted by Crippen LogP contribution is 2.07. The molecule has 0 atom stereocenters. The smallest absolute Gasteiger partial charge is 0.160 e. The van der Waals surface area contributed by atoms with E-state index in [2.05, 4.69) is 20.5 Å². The number of hydrogen-bond acceptors (Lipinski definition) is 5. The number of fused-ring (bicyclic) bond motifs is 1. The molecule has 3 aromatic heterocycles. The van der Waals surface area contributed by atoms with E-state index in [-0.39, 0.29) is 0 Å². The van der Waals surface area contributed by atoms with Crippen LogP contribution in [0.3, 0.4) is 0 Å². The number of rotatable bonds is 4. The summed E-state index contributed by atoms with van der Waals surface area (Å²) in [6.45, 7) is 0.725. The Morgan fingerprint density at radius 2 is 2.15 bits per heavy atom. The Kier molecular flexibility index (Phi) is 3.25. The molecular formula is C14H12N6. The summed E-state index contributed by atoms with van der Waals surface area (Å²) in [5.74, 6) is 0.912. The Bertz CT molecular complexity index is 753. The average Bonchev–Trinajstić information content (AvgIpc) is 2.92. The minimum atomic E-state index is 0.416.